The number of nitrogens with zero attached hydrogens (tertiary/aromatic N) is 2. The first-order valence-electron chi connectivity index (χ1n) is 3.34. The van der Waals surface area contributed by atoms with E-state index in [1.165, 1.54) is 0 Å². The zero-order valence-corrected chi connectivity index (χ0v) is 7.09. The predicted molar refractivity (Wildman–Crippen MR) is 46.2 cm³/mol. The minimum atomic E-state index is -0.384. The van der Waals surface area contributed by atoms with Crippen LogP contribution in [0.3, 0.4) is 0 Å². The molecule has 4 nitrogen and oxygen atoms in total. The molecule has 4 heteroatoms. The van der Waals surface area contributed by atoms with E-state index in [0.717, 1.165) is 0 Å². The van der Waals surface area contributed by atoms with E-state index >= 15 is 0 Å². The molecule has 0 aliphatic carbocycles. The van der Waals surface area contributed by atoms with Crippen LogP contribution in [0.5, 0.6) is 0 Å². The van der Waals surface area contributed by atoms with Crippen molar-refractivity contribution in [3.05, 3.63) is 0 Å². The summed E-state index contributed by atoms with van der Waals surface area (Å²) in [6.45, 7) is 6.69. The van der Waals surface area contributed by atoms with Gasteiger partial charge in [-0.05, 0) is 20.6 Å². The smallest absolute Gasteiger partial charge is 0.244 e. The lowest BCUT2D eigenvalue weighted by Crippen LogP contribution is -2.28. The molecule has 0 aliphatic rings. The Morgan fingerprint density at radius 1 is 1.64 bits per heavy atom. The van der Waals surface area contributed by atoms with Crippen molar-refractivity contribution in [1.82, 2.24) is 5.32 Å². The molecule has 1 atom stereocenters. The Morgan fingerprint density at radius 3 is 2.55 bits per heavy atom. The second-order valence-electron chi connectivity index (χ2n) is 2.12. The SMILES string of the molecule is C=NC(C)=NC(C)C(=O)NC. The number of rotatable bonds is 2. The molecule has 0 radical (unpaired) electrons. The summed E-state index contributed by atoms with van der Waals surface area (Å²) in [7, 11) is 1.57. The fourth-order valence-corrected chi connectivity index (χ4v) is 0.589. The molecule has 62 valence electrons. The number of carbonyl (C=O) groups excluding carboxylic acids is 1. The minimum absolute atomic E-state index is 0.118. The summed E-state index contributed by atoms with van der Waals surface area (Å²) in [6, 6.07) is -0.384. The van der Waals surface area contributed by atoms with E-state index in [-0.39, 0.29) is 11.9 Å². The molecule has 11 heavy (non-hydrogen) atoms. The third-order valence-corrected chi connectivity index (χ3v) is 1.24. The number of amides is 1. The number of hydrogen-bond donors (Lipinski definition) is 1. The van der Waals surface area contributed by atoms with Crippen molar-refractivity contribution in [2.45, 2.75) is 19.9 Å². The number of likely N-dealkylation sites (N-methyl/N-ethyl adjacent to an activating group) is 1. The lowest BCUT2D eigenvalue weighted by molar-refractivity contribution is -0.121. The second-order valence-corrected chi connectivity index (χ2v) is 2.12. The summed E-state index contributed by atoms with van der Waals surface area (Å²) in [6.07, 6.45) is 0. The molecule has 0 aromatic heterocycles. The van der Waals surface area contributed by atoms with Crippen molar-refractivity contribution in [2.24, 2.45) is 9.98 Å². The van der Waals surface area contributed by atoms with E-state index in [9.17, 15) is 4.79 Å². The maximum Gasteiger partial charge on any atom is 0.244 e. The van der Waals surface area contributed by atoms with E-state index in [4.69, 9.17) is 0 Å². The molecular weight excluding hydrogens is 142 g/mol. The summed E-state index contributed by atoms with van der Waals surface area (Å²) < 4.78 is 0. The first-order chi connectivity index (χ1) is 5.11. The summed E-state index contributed by atoms with van der Waals surface area (Å²) in [5.41, 5.74) is 0. The van der Waals surface area contributed by atoms with Crippen LogP contribution >= 0.6 is 0 Å². The van der Waals surface area contributed by atoms with Gasteiger partial charge in [-0.15, -0.1) is 0 Å². The maximum absolute atomic E-state index is 10.9. The summed E-state index contributed by atoms with van der Waals surface area (Å²) in [5.74, 6) is 0.411. The Bertz CT molecular complexity index is 186. The molecular formula is C7H13N3O. The lowest BCUT2D eigenvalue weighted by Gasteiger charge is -2.03. The zero-order chi connectivity index (χ0) is 8.85. The van der Waals surface area contributed by atoms with E-state index in [1.54, 1.807) is 20.9 Å². The first-order valence-corrected chi connectivity index (χ1v) is 3.34. The molecule has 0 aromatic rings. The van der Waals surface area contributed by atoms with E-state index in [0.29, 0.717) is 5.84 Å². The van der Waals surface area contributed by atoms with E-state index in [1.807, 2.05) is 0 Å². The van der Waals surface area contributed by atoms with Crippen molar-refractivity contribution in [1.29, 1.82) is 0 Å². The lowest BCUT2D eigenvalue weighted by atomic mass is 10.3. The van der Waals surface area contributed by atoms with E-state index in [2.05, 4.69) is 22.0 Å². The monoisotopic (exact) mass is 155 g/mol. The number of aliphatic imine (C=N–C) groups is 2. The highest BCUT2D eigenvalue weighted by Gasteiger charge is 2.07. The highest BCUT2D eigenvalue weighted by atomic mass is 16.2. The van der Waals surface area contributed by atoms with Crippen LogP contribution < -0.4 is 5.32 Å². The Morgan fingerprint density at radius 2 is 2.18 bits per heavy atom. The average molecular weight is 155 g/mol. The normalized spacial score (nSPS) is 13.9. The molecule has 0 fully saturated rings. The third kappa shape index (κ3) is 3.50. The molecule has 0 aliphatic heterocycles. The van der Waals surface area contributed by atoms with Gasteiger partial charge in [0.25, 0.3) is 0 Å². The topological polar surface area (TPSA) is 53.8 Å². The van der Waals surface area contributed by atoms with Crippen LogP contribution in [0.4, 0.5) is 0 Å². The minimum Gasteiger partial charge on any atom is -0.357 e. The Balaban J connectivity index is 4.15. The van der Waals surface area contributed by atoms with Crippen molar-refractivity contribution in [2.75, 3.05) is 7.05 Å². The molecule has 1 unspecified atom stereocenters. The molecule has 0 spiro atoms. The third-order valence-electron chi connectivity index (χ3n) is 1.24. The van der Waals surface area contributed by atoms with Crippen LogP contribution in [0.15, 0.2) is 9.98 Å². The number of hydrogen-bond acceptors (Lipinski definition) is 2. The summed E-state index contributed by atoms with van der Waals surface area (Å²) >= 11 is 0. The van der Waals surface area contributed by atoms with Crippen molar-refractivity contribution in [3.8, 4) is 0 Å². The van der Waals surface area contributed by atoms with Crippen LogP contribution in [0.25, 0.3) is 0 Å². The van der Waals surface area contributed by atoms with Crippen LogP contribution in [0, 0.1) is 0 Å². The number of amidine groups is 1. The molecule has 0 saturated heterocycles. The molecule has 0 rings (SSSR count). The van der Waals surface area contributed by atoms with Gasteiger partial charge in [0.2, 0.25) is 5.91 Å². The van der Waals surface area contributed by atoms with Gasteiger partial charge in [0.1, 0.15) is 11.9 Å². The summed E-state index contributed by atoms with van der Waals surface area (Å²) in [4.78, 5) is 18.4. The Kier molecular flexibility index (Phi) is 4.10. The van der Waals surface area contributed by atoms with Gasteiger partial charge in [-0.25, -0.2) is 4.99 Å². The van der Waals surface area contributed by atoms with Crippen molar-refractivity contribution < 1.29 is 4.79 Å². The van der Waals surface area contributed by atoms with Gasteiger partial charge in [-0.2, -0.15) is 0 Å². The fourth-order valence-electron chi connectivity index (χ4n) is 0.589. The van der Waals surface area contributed by atoms with Crippen molar-refractivity contribution >= 4 is 18.5 Å². The second kappa shape index (κ2) is 4.60. The fraction of sp³-hybridized carbons (Fsp3) is 0.571. The molecule has 1 N–H and O–H groups in total. The largest absolute Gasteiger partial charge is 0.357 e. The average Bonchev–Trinajstić information content (AvgIpc) is 2.02. The Hall–Kier alpha value is -1.19. The van der Waals surface area contributed by atoms with Gasteiger partial charge in [-0.3, -0.25) is 9.79 Å². The Labute approximate surface area is 66.4 Å². The highest BCUT2D eigenvalue weighted by molar-refractivity contribution is 5.88. The van der Waals surface area contributed by atoms with E-state index < -0.39 is 0 Å². The molecule has 0 saturated carbocycles. The van der Waals surface area contributed by atoms with Gasteiger partial charge < -0.3 is 5.32 Å². The van der Waals surface area contributed by atoms with Crippen molar-refractivity contribution in [3.63, 3.8) is 0 Å². The van der Waals surface area contributed by atoms with Crippen LogP contribution in [-0.4, -0.2) is 31.5 Å². The maximum atomic E-state index is 10.9. The first kappa shape index (κ1) is 9.81. The zero-order valence-electron chi connectivity index (χ0n) is 7.09. The highest BCUT2D eigenvalue weighted by Crippen LogP contribution is 1.90. The van der Waals surface area contributed by atoms with Crippen LogP contribution in [-0.2, 0) is 4.79 Å². The van der Waals surface area contributed by atoms with Gasteiger partial charge in [-0.1, -0.05) is 0 Å². The van der Waals surface area contributed by atoms with Gasteiger partial charge >= 0.3 is 0 Å². The molecule has 0 bridgehead atoms. The van der Waals surface area contributed by atoms with Crippen LogP contribution in [0.2, 0.25) is 0 Å². The van der Waals surface area contributed by atoms with Gasteiger partial charge in [0.15, 0.2) is 0 Å². The predicted octanol–water partition coefficient (Wildman–Crippen LogP) is 0.240. The number of nitrogens with one attached hydrogen (secondary N) is 1. The molecule has 0 aromatic carbocycles. The summed E-state index contributed by atoms with van der Waals surface area (Å²) in [5, 5.41) is 2.49. The number of carbonyl (C=O) groups is 1. The van der Waals surface area contributed by atoms with Crippen LogP contribution in [0.1, 0.15) is 13.8 Å². The molecule has 0 heterocycles. The van der Waals surface area contributed by atoms with Gasteiger partial charge in [0.05, 0.1) is 0 Å². The van der Waals surface area contributed by atoms with Gasteiger partial charge in [0, 0.05) is 7.05 Å². The standard InChI is InChI=1S/C7H13N3O/c1-5(7(11)9-4)10-6(2)8-3/h5H,3H2,1-2,4H3,(H,9,11). The molecule has 1 amide bonds. The quantitative estimate of drug-likeness (QED) is 0.450.